The van der Waals surface area contributed by atoms with Gasteiger partial charge in [-0.15, -0.1) is 12.3 Å². The number of benzene rings is 1. The van der Waals surface area contributed by atoms with Crippen LogP contribution in [-0.2, 0) is 0 Å². The second kappa shape index (κ2) is 3.66. The second-order valence-electron chi connectivity index (χ2n) is 3.72. The molecule has 0 unspecified atom stereocenters. The van der Waals surface area contributed by atoms with Crippen LogP contribution in [0.25, 0.3) is 0 Å². The Hall–Kier alpha value is -1.22. The molecule has 0 bridgehead atoms. The van der Waals surface area contributed by atoms with Crippen LogP contribution in [0.1, 0.15) is 30.7 Å². The molecule has 0 heterocycles. The highest BCUT2D eigenvalue weighted by Gasteiger charge is 2.26. The van der Waals surface area contributed by atoms with E-state index in [1.54, 1.807) is 0 Å². The molecular formula is C13H14. The summed E-state index contributed by atoms with van der Waals surface area (Å²) in [6.45, 7) is 0. The van der Waals surface area contributed by atoms with E-state index in [0.717, 1.165) is 0 Å². The van der Waals surface area contributed by atoms with E-state index >= 15 is 0 Å². The van der Waals surface area contributed by atoms with Crippen molar-refractivity contribution in [3.05, 3.63) is 35.9 Å². The third-order valence-electron chi connectivity index (χ3n) is 2.96. The van der Waals surface area contributed by atoms with Gasteiger partial charge >= 0.3 is 0 Å². The van der Waals surface area contributed by atoms with Crippen molar-refractivity contribution in [3.63, 3.8) is 0 Å². The van der Waals surface area contributed by atoms with Crippen molar-refractivity contribution in [1.82, 2.24) is 0 Å². The first kappa shape index (κ1) is 8.38. The molecule has 13 heavy (non-hydrogen) atoms. The lowest BCUT2D eigenvalue weighted by Crippen LogP contribution is -2.02. The zero-order valence-electron chi connectivity index (χ0n) is 7.74. The summed E-state index contributed by atoms with van der Waals surface area (Å²) in [4.78, 5) is 0. The van der Waals surface area contributed by atoms with Gasteiger partial charge in [-0.05, 0) is 24.3 Å². The number of rotatable bonds is 1. The fraction of sp³-hybridized carbons (Fsp3) is 0.385. The first-order valence-electron chi connectivity index (χ1n) is 4.93. The number of hydrogen-bond acceptors (Lipinski definition) is 0. The maximum Gasteiger partial charge on any atom is 0.0268 e. The molecule has 0 aromatic heterocycles. The highest BCUT2D eigenvalue weighted by atomic mass is 14.3. The molecule has 66 valence electrons. The smallest absolute Gasteiger partial charge is 0.0268 e. The molecule has 0 N–H and O–H groups in total. The minimum atomic E-state index is 0.474. The van der Waals surface area contributed by atoms with Crippen molar-refractivity contribution in [2.24, 2.45) is 5.92 Å². The van der Waals surface area contributed by atoms with Gasteiger partial charge in [0.1, 0.15) is 0 Å². The molecule has 0 nitrogen and oxygen atoms in total. The van der Waals surface area contributed by atoms with Crippen LogP contribution in [0.2, 0.25) is 0 Å². The molecule has 0 amide bonds. The van der Waals surface area contributed by atoms with Crippen LogP contribution in [0.4, 0.5) is 0 Å². The average Bonchev–Trinajstić information content (AvgIpc) is 2.67. The van der Waals surface area contributed by atoms with Crippen molar-refractivity contribution >= 4 is 0 Å². The maximum absolute atomic E-state index is 5.51. The third kappa shape index (κ3) is 1.60. The summed E-state index contributed by atoms with van der Waals surface area (Å²) in [5.41, 5.74) is 1.42. The predicted molar refractivity (Wildman–Crippen MR) is 55.4 cm³/mol. The zero-order chi connectivity index (χ0) is 9.10. The van der Waals surface area contributed by atoms with Crippen molar-refractivity contribution in [2.75, 3.05) is 0 Å². The Morgan fingerprint density at radius 2 is 1.92 bits per heavy atom. The molecule has 2 rings (SSSR count). The van der Waals surface area contributed by atoms with Crippen molar-refractivity contribution < 1.29 is 0 Å². The highest BCUT2D eigenvalue weighted by Crippen LogP contribution is 2.38. The van der Waals surface area contributed by atoms with Crippen LogP contribution >= 0.6 is 0 Å². The van der Waals surface area contributed by atoms with E-state index < -0.39 is 0 Å². The minimum absolute atomic E-state index is 0.474. The van der Waals surface area contributed by atoms with E-state index in [1.807, 2.05) is 0 Å². The van der Waals surface area contributed by atoms with Gasteiger partial charge in [0.2, 0.25) is 0 Å². The van der Waals surface area contributed by atoms with Gasteiger partial charge in [-0.25, -0.2) is 0 Å². The lowest BCUT2D eigenvalue weighted by molar-refractivity contribution is 0.610. The molecule has 1 aliphatic rings. The second-order valence-corrected chi connectivity index (χ2v) is 3.72. The quantitative estimate of drug-likeness (QED) is 0.568. The lowest BCUT2D eigenvalue weighted by Gasteiger charge is -2.14. The molecular weight excluding hydrogens is 156 g/mol. The molecule has 0 saturated heterocycles. The molecule has 0 spiro atoms. The molecule has 1 aliphatic carbocycles. The van der Waals surface area contributed by atoms with Gasteiger partial charge in [0.25, 0.3) is 0 Å². The number of terminal acetylenes is 1. The van der Waals surface area contributed by atoms with Gasteiger partial charge in [-0.2, -0.15) is 0 Å². The first-order valence-corrected chi connectivity index (χ1v) is 4.93. The molecule has 0 heteroatoms. The molecule has 0 radical (unpaired) electrons. The summed E-state index contributed by atoms with van der Waals surface area (Å²) in [5, 5.41) is 0. The van der Waals surface area contributed by atoms with E-state index in [-0.39, 0.29) is 0 Å². The van der Waals surface area contributed by atoms with Crippen LogP contribution in [0.5, 0.6) is 0 Å². The SMILES string of the molecule is C#C[C@H]1CCC[C@@H]1c1ccccc1. The Bertz CT molecular complexity index is 305. The van der Waals surface area contributed by atoms with Gasteiger partial charge in [0, 0.05) is 5.92 Å². The van der Waals surface area contributed by atoms with Crippen LogP contribution in [-0.4, -0.2) is 0 Å². The molecule has 2 atom stereocenters. The Kier molecular flexibility index (Phi) is 2.36. The van der Waals surface area contributed by atoms with E-state index in [4.69, 9.17) is 6.42 Å². The summed E-state index contributed by atoms with van der Waals surface area (Å²) in [6, 6.07) is 10.6. The summed E-state index contributed by atoms with van der Waals surface area (Å²) in [7, 11) is 0. The first-order chi connectivity index (χ1) is 6.42. The van der Waals surface area contributed by atoms with Crippen LogP contribution in [0, 0.1) is 18.3 Å². The fourth-order valence-electron chi connectivity index (χ4n) is 2.26. The van der Waals surface area contributed by atoms with E-state index in [2.05, 4.69) is 36.3 Å². The van der Waals surface area contributed by atoms with Crippen molar-refractivity contribution in [1.29, 1.82) is 0 Å². The summed E-state index contributed by atoms with van der Waals surface area (Å²) in [5.74, 6) is 4.00. The summed E-state index contributed by atoms with van der Waals surface area (Å²) < 4.78 is 0. The fourth-order valence-corrected chi connectivity index (χ4v) is 2.26. The topological polar surface area (TPSA) is 0 Å². The van der Waals surface area contributed by atoms with E-state index in [1.165, 1.54) is 24.8 Å². The van der Waals surface area contributed by atoms with E-state index in [0.29, 0.717) is 11.8 Å². The van der Waals surface area contributed by atoms with Crippen LogP contribution in [0.3, 0.4) is 0 Å². The van der Waals surface area contributed by atoms with Gasteiger partial charge < -0.3 is 0 Å². The molecule has 1 aromatic carbocycles. The van der Waals surface area contributed by atoms with Crippen molar-refractivity contribution in [2.45, 2.75) is 25.2 Å². The Morgan fingerprint density at radius 1 is 1.15 bits per heavy atom. The standard InChI is InChI=1S/C13H14/c1-2-11-9-6-10-13(11)12-7-4-3-5-8-12/h1,3-5,7-8,11,13H,6,9-10H2/t11-,13-/m0/s1. The Balaban J connectivity index is 2.22. The van der Waals surface area contributed by atoms with Gasteiger partial charge in [-0.3, -0.25) is 0 Å². The molecule has 1 aromatic rings. The van der Waals surface area contributed by atoms with Gasteiger partial charge in [0.05, 0.1) is 0 Å². The van der Waals surface area contributed by atoms with Gasteiger partial charge in [-0.1, -0.05) is 36.8 Å². The number of hydrogen-bond donors (Lipinski definition) is 0. The normalized spacial score (nSPS) is 27.0. The average molecular weight is 170 g/mol. The predicted octanol–water partition coefficient (Wildman–Crippen LogP) is 3.20. The third-order valence-corrected chi connectivity index (χ3v) is 2.96. The zero-order valence-corrected chi connectivity index (χ0v) is 7.74. The highest BCUT2D eigenvalue weighted by molar-refractivity contribution is 5.24. The summed E-state index contributed by atoms with van der Waals surface area (Å²) in [6.07, 6.45) is 9.26. The lowest BCUT2D eigenvalue weighted by atomic mass is 9.90. The van der Waals surface area contributed by atoms with Crippen LogP contribution in [0.15, 0.2) is 30.3 Å². The monoisotopic (exact) mass is 170 g/mol. The van der Waals surface area contributed by atoms with Crippen LogP contribution < -0.4 is 0 Å². The molecule has 0 aliphatic heterocycles. The maximum atomic E-state index is 5.51. The van der Waals surface area contributed by atoms with E-state index in [9.17, 15) is 0 Å². The Labute approximate surface area is 80.0 Å². The summed E-state index contributed by atoms with van der Waals surface area (Å²) >= 11 is 0. The molecule has 1 saturated carbocycles. The largest absolute Gasteiger partial charge is 0.120 e. The van der Waals surface area contributed by atoms with Gasteiger partial charge in [0.15, 0.2) is 0 Å². The molecule has 1 fully saturated rings. The minimum Gasteiger partial charge on any atom is -0.120 e. The Morgan fingerprint density at radius 3 is 2.62 bits per heavy atom. The van der Waals surface area contributed by atoms with Crippen molar-refractivity contribution in [3.8, 4) is 12.3 Å².